The second-order valence-electron chi connectivity index (χ2n) is 5.50. The van der Waals surface area contributed by atoms with Gasteiger partial charge in [0.15, 0.2) is 11.8 Å². The van der Waals surface area contributed by atoms with E-state index in [0.29, 0.717) is 45.1 Å². The topological polar surface area (TPSA) is 95.4 Å². The zero-order valence-electron chi connectivity index (χ0n) is 13.4. The van der Waals surface area contributed by atoms with Gasteiger partial charge in [-0.05, 0) is 36.4 Å². The van der Waals surface area contributed by atoms with Gasteiger partial charge < -0.3 is 13.6 Å². The van der Waals surface area contributed by atoms with Gasteiger partial charge in [0, 0.05) is 13.8 Å². The highest BCUT2D eigenvalue weighted by atomic mass is 16.5. The Bertz CT molecular complexity index is 1140. The van der Waals surface area contributed by atoms with Crippen molar-refractivity contribution < 1.29 is 13.6 Å². The zero-order chi connectivity index (χ0) is 17.6. The van der Waals surface area contributed by atoms with Crippen LogP contribution in [0, 0.1) is 13.8 Å². The summed E-state index contributed by atoms with van der Waals surface area (Å²) < 4.78 is 15.7. The van der Waals surface area contributed by atoms with Crippen LogP contribution in [0.15, 0.2) is 54.8 Å². The van der Waals surface area contributed by atoms with Gasteiger partial charge in [-0.3, -0.25) is 0 Å². The molecule has 0 atom stereocenters. The average molecular weight is 336 g/mol. The van der Waals surface area contributed by atoms with Gasteiger partial charge in [-0.15, -0.1) is 0 Å². The number of aromatic nitrogens is 2. The number of hydrogen-bond acceptors (Lipinski definition) is 7. The van der Waals surface area contributed by atoms with Crippen molar-refractivity contribution in [2.45, 2.75) is 13.8 Å². The molecule has 124 valence electrons. The molecule has 2 aromatic heterocycles. The molecule has 0 radical (unpaired) electrons. The maximum absolute atomic E-state index is 11.9. The van der Waals surface area contributed by atoms with Crippen molar-refractivity contribution in [2.75, 3.05) is 0 Å². The van der Waals surface area contributed by atoms with Gasteiger partial charge in [-0.2, -0.15) is 0 Å². The van der Waals surface area contributed by atoms with Gasteiger partial charge in [-0.25, -0.2) is 19.6 Å². The second kappa shape index (κ2) is 5.55. The SMILES string of the molecule is Cc1nc2ccc(Oc3ccc4nc(C)oc(=O)c4c3)cc2c(=O)o1. The highest BCUT2D eigenvalue weighted by Gasteiger charge is 2.09. The molecule has 7 heteroatoms. The fourth-order valence-electron chi connectivity index (χ4n) is 2.58. The van der Waals surface area contributed by atoms with E-state index in [-0.39, 0.29) is 0 Å². The Morgan fingerprint density at radius 3 is 1.64 bits per heavy atom. The smallest absolute Gasteiger partial charge is 0.346 e. The lowest BCUT2D eigenvalue weighted by atomic mass is 10.2. The lowest BCUT2D eigenvalue weighted by molar-refractivity contribution is 0.462. The summed E-state index contributed by atoms with van der Waals surface area (Å²) in [6, 6.07) is 9.83. The Kier molecular flexibility index (Phi) is 3.35. The maximum atomic E-state index is 11.9. The first-order chi connectivity index (χ1) is 12.0. The molecule has 0 fully saturated rings. The molecule has 25 heavy (non-hydrogen) atoms. The molecule has 0 aliphatic carbocycles. The first-order valence-electron chi connectivity index (χ1n) is 7.50. The first kappa shape index (κ1) is 15.1. The molecular formula is C18H12N2O5. The Balaban J connectivity index is 1.77. The van der Waals surface area contributed by atoms with E-state index in [4.69, 9.17) is 13.6 Å². The summed E-state index contributed by atoms with van der Waals surface area (Å²) in [5.41, 5.74) is 0.0958. The van der Waals surface area contributed by atoms with E-state index in [1.54, 1.807) is 50.2 Å². The fraction of sp³-hybridized carbons (Fsp3) is 0.111. The monoisotopic (exact) mass is 336 g/mol. The summed E-state index contributed by atoms with van der Waals surface area (Å²) >= 11 is 0. The molecule has 0 unspecified atom stereocenters. The molecule has 0 spiro atoms. The van der Waals surface area contributed by atoms with Gasteiger partial charge in [0.2, 0.25) is 0 Å². The summed E-state index contributed by atoms with van der Waals surface area (Å²) in [5, 5.41) is 0.640. The highest BCUT2D eigenvalue weighted by molar-refractivity contribution is 5.80. The summed E-state index contributed by atoms with van der Waals surface area (Å²) in [5.74, 6) is 1.45. The molecule has 0 saturated carbocycles. The van der Waals surface area contributed by atoms with E-state index in [1.807, 2.05) is 0 Å². The van der Waals surface area contributed by atoms with Crippen LogP contribution in [-0.2, 0) is 0 Å². The van der Waals surface area contributed by atoms with Gasteiger partial charge >= 0.3 is 11.3 Å². The van der Waals surface area contributed by atoms with Gasteiger partial charge in [0.1, 0.15) is 11.5 Å². The third-order valence-electron chi connectivity index (χ3n) is 3.65. The van der Waals surface area contributed by atoms with E-state index in [0.717, 1.165) is 0 Å². The van der Waals surface area contributed by atoms with Crippen LogP contribution in [-0.4, -0.2) is 9.97 Å². The van der Waals surface area contributed by atoms with Crippen molar-refractivity contribution >= 4 is 21.8 Å². The van der Waals surface area contributed by atoms with Gasteiger partial charge in [0.05, 0.1) is 21.8 Å². The summed E-state index contributed by atoms with van der Waals surface area (Å²) in [6.45, 7) is 3.23. The van der Waals surface area contributed by atoms with Crippen LogP contribution in [0.1, 0.15) is 11.8 Å². The predicted molar refractivity (Wildman–Crippen MR) is 90.1 cm³/mol. The molecule has 0 saturated heterocycles. The van der Waals surface area contributed by atoms with E-state index < -0.39 is 11.3 Å². The number of rotatable bonds is 2. The maximum Gasteiger partial charge on any atom is 0.346 e. The predicted octanol–water partition coefficient (Wildman–Crippen LogP) is 3.10. The molecule has 4 rings (SSSR count). The van der Waals surface area contributed by atoms with Crippen LogP contribution in [0.25, 0.3) is 21.8 Å². The third-order valence-corrected chi connectivity index (χ3v) is 3.65. The number of ether oxygens (including phenoxy) is 1. The van der Waals surface area contributed by atoms with E-state index >= 15 is 0 Å². The van der Waals surface area contributed by atoms with Crippen molar-refractivity contribution in [2.24, 2.45) is 0 Å². The summed E-state index contributed by atoms with van der Waals surface area (Å²) in [4.78, 5) is 32.2. The minimum absolute atomic E-state index is 0.301. The largest absolute Gasteiger partial charge is 0.457 e. The molecule has 7 nitrogen and oxygen atoms in total. The van der Waals surface area contributed by atoms with Crippen LogP contribution >= 0.6 is 0 Å². The van der Waals surface area contributed by atoms with Crippen molar-refractivity contribution in [1.82, 2.24) is 9.97 Å². The minimum Gasteiger partial charge on any atom is -0.457 e. The third kappa shape index (κ3) is 2.76. The number of aryl methyl sites for hydroxylation is 2. The minimum atomic E-state index is -0.480. The van der Waals surface area contributed by atoms with Crippen LogP contribution in [0.3, 0.4) is 0 Å². The normalized spacial score (nSPS) is 11.1. The van der Waals surface area contributed by atoms with Crippen molar-refractivity contribution in [3.8, 4) is 11.5 Å². The average Bonchev–Trinajstić information content (AvgIpc) is 2.56. The molecule has 0 aliphatic rings. The Morgan fingerprint density at radius 2 is 1.20 bits per heavy atom. The number of hydrogen-bond donors (Lipinski definition) is 0. The molecule has 0 amide bonds. The van der Waals surface area contributed by atoms with E-state index in [1.165, 1.54) is 0 Å². The van der Waals surface area contributed by atoms with Gasteiger partial charge in [-0.1, -0.05) is 0 Å². The first-order valence-corrected chi connectivity index (χ1v) is 7.50. The molecule has 0 N–H and O–H groups in total. The summed E-state index contributed by atoms with van der Waals surface area (Å²) in [7, 11) is 0. The Hall–Kier alpha value is -3.48. The molecule has 0 bridgehead atoms. The lowest BCUT2D eigenvalue weighted by Gasteiger charge is -2.07. The standard InChI is InChI=1S/C18H12N2O5/c1-9-19-15-5-3-11(7-13(15)17(21)23-9)25-12-4-6-16-14(8-12)18(22)24-10(2)20-16/h3-8H,1-2H3. The molecule has 4 aromatic rings. The van der Waals surface area contributed by atoms with Crippen LogP contribution in [0.4, 0.5) is 0 Å². The summed E-state index contributed by atoms with van der Waals surface area (Å²) in [6.07, 6.45) is 0. The van der Waals surface area contributed by atoms with Gasteiger partial charge in [0.25, 0.3) is 0 Å². The van der Waals surface area contributed by atoms with E-state index in [2.05, 4.69) is 9.97 Å². The number of benzene rings is 2. The highest BCUT2D eigenvalue weighted by Crippen LogP contribution is 2.25. The Morgan fingerprint density at radius 1 is 0.760 bits per heavy atom. The molecule has 0 aliphatic heterocycles. The molecular weight excluding hydrogens is 324 g/mol. The van der Waals surface area contributed by atoms with Crippen molar-refractivity contribution in [3.05, 3.63) is 69.0 Å². The number of fused-ring (bicyclic) bond motifs is 2. The van der Waals surface area contributed by atoms with Crippen molar-refractivity contribution in [3.63, 3.8) is 0 Å². The molecule has 2 aromatic carbocycles. The second-order valence-corrected chi connectivity index (χ2v) is 5.50. The van der Waals surface area contributed by atoms with Crippen LogP contribution in [0.2, 0.25) is 0 Å². The Labute approximate surface area is 140 Å². The quantitative estimate of drug-likeness (QED) is 0.555. The number of nitrogens with zero attached hydrogens (tertiary/aromatic N) is 2. The molecule has 2 heterocycles. The van der Waals surface area contributed by atoms with E-state index in [9.17, 15) is 9.59 Å². The zero-order valence-corrected chi connectivity index (χ0v) is 13.4. The van der Waals surface area contributed by atoms with Crippen LogP contribution < -0.4 is 16.0 Å². The fourth-order valence-corrected chi connectivity index (χ4v) is 2.58. The lowest BCUT2D eigenvalue weighted by Crippen LogP contribution is -2.03. The van der Waals surface area contributed by atoms with Crippen LogP contribution in [0.5, 0.6) is 11.5 Å². The van der Waals surface area contributed by atoms with Crippen molar-refractivity contribution in [1.29, 1.82) is 0 Å².